The molecule has 80 valence electrons. The highest BCUT2D eigenvalue weighted by Crippen LogP contribution is 2.24. The number of benzene rings is 1. The van der Waals surface area contributed by atoms with Gasteiger partial charge in [-0.05, 0) is 6.07 Å². The van der Waals surface area contributed by atoms with E-state index in [0.29, 0.717) is 0 Å². The van der Waals surface area contributed by atoms with Gasteiger partial charge in [-0.25, -0.2) is 4.79 Å². The molecule has 0 aromatic heterocycles. The van der Waals surface area contributed by atoms with Crippen LogP contribution >= 0.6 is 0 Å². The number of nitro groups is 1. The van der Waals surface area contributed by atoms with E-state index in [0.717, 1.165) is 25.3 Å². The van der Waals surface area contributed by atoms with Gasteiger partial charge in [0.05, 0.1) is 29.2 Å². The fourth-order valence-electron chi connectivity index (χ4n) is 0.988. The Bertz CT molecular complexity index is 486. The van der Waals surface area contributed by atoms with Crippen molar-refractivity contribution in [1.29, 1.82) is 0 Å². The number of hydrogen-bond donors (Lipinski definition) is 0. The number of carbonyl (C=O) groups is 1. The molecule has 0 N–H and O–H groups in total. The Morgan fingerprint density at radius 2 is 2.33 bits per heavy atom. The third-order valence-corrected chi connectivity index (χ3v) is 1.69. The number of esters is 1. The van der Waals surface area contributed by atoms with Gasteiger partial charge in [0.15, 0.2) is 0 Å². The van der Waals surface area contributed by atoms with Crippen LogP contribution in [0, 0.1) is 10.1 Å². The van der Waals surface area contributed by atoms with Gasteiger partial charge in [-0.3, -0.25) is 10.1 Å². The molecule has 15 heavy (non-hydrogen) atoms. The SMILES string of the molecule is [2H]C([2H])([2H])Oc1cc([N+](=O)[O-])ccc1C(=O)OC. The van der Waals surface area contributed by atoms with Crippen LogP contribution in [0.2, 0.25) is 0 Å². The monoisotopic (exact) mass is 214 g/mol. The molecule has 0 aliphatic heterocycles. The fourth-order valence-corrected chi connectivity index (χ4v) is 0.988. The quantitative estimate of drug-likeness (QED) is 0.431. The van der Waals surface area contributed by atoms with Gasteiger partial charge < -0.3 is 9.47 Å². The third-order valence-electron chi connectivity index (χ3n) is 1.69. The largest absolute Gasteiger partial charge is 0.496 e. The van der Waals surface area contributed by atoms with E-state index in [2.05, 4.69) is 9.47 Å². The third kappa shape index (κ3) is 2.22. The molecular formula is C9H9NO5. The number of carbonyl (C=O) groups excluding carboxylic acids is 1. The summed E-state index contributed by atoms with van der Waals surface area (Å²) in [6.45, 7) is 0. The lowest BCUT2D eigenvalue weighted by molar-refractivity contribution is -0.384. The smallest absolute Gasteiger partial charge is 0.341 e. The van der Waals surface area contributed by atoms with Crippen LogP contribution in [-0.2, 0) is 4.74 Å². The normalized spacial score (nSPS) is 13.3. The summed E-state index contributed by atoms with van der Waals surface area (Å²) in [4.78, 5) is 21.2. The highest BCUT2D eigenvalue weighted by Gasteiger charge is 2.16. The molecule has 0 atom stereocenters. The molecule has 0 fully saturated rings. The first-order valence-corrected chi connectivity index (χ1v) is 3.80. The molecule has 0 aliphatic carbocycles. The fraction of sp³-hybridized carbons (Fsp3) is 0.222. The van der Waals surface area contributed by atoms with Crippen molar-refractivity contribution in [3.8, 4) is 5.75 Å². The van der Waals surface area contributed by atoms with Gasteiger partial charge in [-0.2, -0.15) is 0 Å². The lowest BCUT2D eigenvalue weighted by Gasteiger charge is -2.05. The first-order chi connectivity index (χ1) is 8.24. The second kappa shape index (κ2) is 4.41. The van der Waals surface area contributed by atoms with E-state index < -0.39 is 23.7 Å². The average molecular weight is 214 g/mol. The summed E-state index contributed by atoms with van der Waals surface area (Å²) in [6, 6.07) is 2.99. The van der Waals surface area contributed by atoms with Gasteiger partial charge in [0.1, 0.15) is 11.3 Å². The van der Waals surface area contributed by atoms with Gasteiger partial charge >= 0.3 is 5.97 Å². The second-order valence-electron chi connectivity index (χ2n) is 2.53. The summed E-state index contributed by atoms with van der Waals surface area (Å²) in [5.74, 6) is -1.26. The summed E-state index contributed by atoms with van der Waals surface area (Å²) >= 11 is 0. The Balaban J connectivity index is 3.26. The summed E-state index contributed by atoms with van der Waals surface area (Å²) in [7, 11) is -1.72. The Morgan fingerprint density at radius 3 is 2.87 bits per heavy atom. The zero-order valence-corrected chi connectivity index (χ0v) is 7.72. The minimum absolute atomic E-state index is 0.195. The number of nitrogens with zero attached hydrogens (tertiary/aromatic N) is 1. The van der Waals surface area contributed by atoms with E-state index >= 15 is 0 Å². The lowest BCUT2D eigenvalue weighted by atomic mass is 10.2. The van der Waals surface area contributed by atoms with Crippen molar-refractivity contribution < 1.29 is 23.3 Å². The average Bonchev–Trinajstić information content (AvgIpc) is 2.25. The van der Waals surface area contributed by atoms with Gasteiger partial charge in [-0.15, -0.1) is 0 Å². The topological polar surface area (TPSA) is 78.7 Å². The van der Waals surface area contributed by atoms with Gasteiger partial charge in [0.2, 0.25) is 0 Å². The molecule has 1 aromatic carbocycles. The van der Waals surface area contributed by atoms with Crippen LogP contribution in [0.1, 0.15) is 14.5 Å². The molecule has 0 amide bonds. The van der Waals surface area contributed by atoms with Crippen LogP contribution in [0.4, 0.5) is 5.69 Å². The van der Waals surface area contributed by atoms with Crippen LogP contribution in [0.15, 0.2) is 18.2 Å². The number of methoxy groups -OCH3 is 2. The van der Waals surface area contributed by atoms with Crippen molar-refractivity contribution in [3.63, 3.8) is 0 Å². The summed E-state index contributed by atoms with van der Waals surface area (Å²) in [6.07, 6.45) is 0. The minimum Gasteiger partial charge on any atom is -0.496 e. The van der Waals surface area contributed by atoms with Crippen molar-refractivity contribution in [3.05, 3.63) is 33.9 Å². The standard InChI is InChI=1S/C9H9NO5/c1-14-8-5-6(10(12)13)3-4-7(8)9(11)15-2/h3-5H,1-2H3/i1D3. The number of rotatable bonds is 3. The number of ether oxygens (including phenoxy) is 2. The van der Waals surface area contributed by atoms with Gasteiger partial charge in [0.25, 0.3) is 5.69 Å². The molecule has 0 heterocycles. The van der Waals surface area contributed by atoms with Crippen LogP contribution in [-0.4, -0.2) is 25.0 Å². The van der Waals surface area contributed by atoms with E-state index in [9.17, 15) is 14.9 Å². The predicted octanol–water partition coefficient (Wildman–Crippen LogP) is 1.39. The van der Waals surface area contributed by atoms with Crippen molar-refractivity contribution in [1.82, 2.24) is 0 Å². The highest BCUT2D eigenvalue weighted by atomic mass is 16.6. The van der Waals surface area contributed by atoms with E-state index in [1.807, 2.05) is 0 Å². The molecule has 0 aliphatic rings. The van der Waals surface area contributed by atoms with Gasteiger partial charge in [0, 0.05) is 6.07 Å². The first kappa shape index (κ1) is 7.22. The Labute approximate surface area is 89.8 Å². The van der Waals surface area contributed by atoms with E-state index in [-0.39, 0.29) is 11.3 Å². The Hall–Kier alpha value is -2.11. The highest BCUT2D eigenvalue weighted by molar-refractivity contribution is 5.92. The van der Waals surface area contributed by atoms with Crippen molar-refractivity contribution in [2.24, 2.45) is 0 Å². The van der Waals surface area contributed by atoms with Crippen LogP contribution < -0.4 is 4.74 Å². The second-order valence-corrected chi connectivity index (χ2v) is 2.53. The number of nitro benzene ring substituents is 1. The van der Waals surface area contributed by atoms with Crippen LogP contribution in [0.25, 0.3) is 0 Å². The summed E-state index contributed by atoms with van der Waals surface area (Å²) < 4.78 is 29.8. The molecular weight excluding hydrogens is 202 g/mol. The minimum atomic E-state index is -2.82. The van der Waals surface area contributed by atoms with E-state index in [4.69, 9.17) is 4.11 Å². The summed E-state index contributed by atoms with van der Waals surface area (Å²) in [5, 5.41) is 10.6. The molecule has 6 nitrogen and oxygen atoms in total. The maximum absolute atomic E-state index is 11.3. The molecule has 0 saturated carbocycles. The molecule has 0 bridgehead atoms. The van der Waals surface area contributed by atoms with Crippen LogP contribution in [0.5, 0.6) is 5.75 Å². The Kier molecular flexibility index (Phi) is 2.12. The van der Waals surface area contributed by atoms with Crippen molar-refractivity contribution >= 4 is 11.7 Å². The molecule has 1 aromatic rings. The number of non-ortho nitro benzene ring substituents is 1. The molecule has 0 radical (unpaired) electrons. The van der Waals surface area contributed by atoms with E-state index in [1.165, 1.54) is 0 Å². The Morgan fingerprint density at radius 1 is 1.60 bits per heavy atom. The lowest BCUT2D eigenvalue weighted by Crippen LogP contribution is -2.04. The maximum Gasteiger partial charge on any atom is 0.341 e. The molecule has 0 saturated heterocycles. The van der Waals surface area contributed by atoms with Crippen LogP contribution in [0.3, 0.4) is 0 Å². The first-order valence-electron chi connectivity index (χ1n) is 5.30. The number of hydrogen-bond acceptors (Lipinski definition) is 5. The molecule has 0 spiro atoms. The summed E-state index contributed by atoms with van der Waals surface area (Å²) in [5.41, 5.74) is -0.582. The molecule has 1 rings (SSSR count). The van der Waals surface area contributed by atoms with E-state index in [1.54, 1.807) is 0 Å². The van der Waals surface area contributed by atoms with Crippen molar-refractivity contribution in [2.45, 2.75) is 0 Å². The zero-order valence-electron chi connectivity index (χ0n) is 10.7. The maximum atomic E-state index is 11.3. The predicted molar refractivity (Wildman–Crippen MR) is 51.0 cm³/mol. The molecule has 6 heteroatoms. The zero-order chi connectivity index (χ0) is 13.9. The van der Waals surface area contributed by atoms with Gasteiger partial charge in [-0.1, -0.05) is 0 Å². The molecule has 0 unspecified atom stereocenters. The van der Waals surface area contributed by atoms with Crippen molar-refractivity contribution in [2.75, 3.05) is 14.1 Å².